The molecule has 0 atom stereocenters. The summed E-state index contributed by atoms with van der Waals surface area (Å²) in [4.78, 5) is 30.7. The summed E-state index contributed by atoms with van der Waals surface area (Å²) in [5, 5.41) is 3.40. The number of benzene rings is 1. The van der Waals surface area contributed by atoms with Crippen molar-refractivity contribution in [2.45, 2.75) is 17.9 Å². The maximum Gasteiger partial charge on any atom is 0.256 e. The van der Waals surface area contributed by atoms with E-state index in [9.17, 15) is 18.0 Å². The van der Waals surface area contributed by atoms with Gasteiger partial charge in [0.15, 0.2) is 0 Å². The number of thiophene rings is 1. The second-order valence-electron chi connectivity index (χ2n) is 8.27. The van der Waals surface area contributed by atoms with Gasteiger partial charge in [-0.25, -0.2) is 8.42 Å². The van der Waals surface area contributed by atoms with Gasteiger partial charge in [0, 0.05) is 50.7 Å². The zero-order valence-electron chi connectivity index (χ0n) is 19.7. The largest absolute Gasteiger partial charge is 0.345 e. The van der Waals surface area contributed by atoms with E-state index in [4.69, 9.17) is 0 Å². The number of nitrogens with one attached hydrogen (secondary N) is 1. The molecular weight excluding hydrogens is 472 g/mol. The second-order valence-corrected chi connectivity index (χ2v) is 11.3. The van der Waals surface area contributed by atoms with E-state index in [1.807, 2.05) is 7.05 Å². The molecule has 2 heterocycles. The number of carbonyl (C=O) groups is 2. The van der Waals surface area contributed by atoms with E-state index in [2.05, 4.69) is 23.4 Å². The Morgan fingerprint density at radius 1 is 1.15 bits per heavy atom. The molecule has 1 aliphatic rings. The molecule has 1 aromatic heterocycles. The molecule has 1 N–H and O–H groups in total. The van der Waals surface area contributed by atoms with Gasteiger partial charge in [0.25, 0.3) is 11.8 Å². The van der Waals surface area contributed by atoms with Gasteiger partial charge in [0.1, 0.15) is 5.00 Å². The zero-order valence-corrected chi connectivity index (χ0v) is 21.3. The lowest BCUT2D eigenvalue weighted by Gasteiger charge is -2.23. The Bertz CT molecular complexity index is 1190. The lowest BCUT2D eigenvalue weighted by Crippen LogP contribution is -2.31. The normalized spacial score (nSPS) is 13.9. The summed E-state index contributed by atoms with van der Waals surface area (Å²) in [6, 6.07) is 5.75. The summed E-state index contributed by atoms with van der Waals surface area (Å²) in [5.74, 6) is -0.555. The van der Waals surface area contributed by atoms with Gasteiger partial charge in [-0.05, 0) is 43.3 Å². The number of carbonyl (C=O) groups excluding carboxylic acids is 2. The predicted octanol–water partition coefficient (Wildman–Crippen LogP) is 3.05. The first-order chi connectivity index (χ1) is 16.1. The van der Waals surface area contributed by atoms with Crippen LogP contribution < -0.4 is 5.32 Å². The third-order valence-corrected chi connectivity index (χ3v) is 8.49. The van der Waals surface area contributed by atoms with Crippen molar-refractivity contribution < 1.29 is 18.0 Å². The van der Waals surface area contributed by atoms with Crippen LogP contribution in [0.15, 0.2) is 54.5 Å². The van der Waals surface area contributed by atoms with Crippen molar-refractivity contribution in [3.63, 3.8) is 0 Å². The molecule has 2 aromatic rings. The highest BCUT2D eigenvalue weighted by Crippen LogP contribution is 2.37. The number of nitrogens with zero attached hydrogens (tertiary/aromatic N) is 3. The molecule has 0 spiro atoms. The Kier molecular flexibility index (Phi) is 8.09. The molecule has 0 bridgehead atoms. The molecule has 0 saturated carbocycles. The maximum absolute atomic E-state index is 13.0. The Morgan fingerprint density at radius 3 is 2.32 bits per heavy atom. The van der Waals surface area contributed by atoms with Crippen molar-refractivity contribution in [1.82, 2.24) is 14.1 Å². The van der Waals surface area contributed by atoms with Crippen LogP contribution in [0.4, 0.5) is 5.00 Å². The number of hydrogen-bond donors (Lipinski definition) is 1. The van der Waals surface area contributed by atoms with Gasteiger partial charge in [0.2, 0.25) is 10.0 Å². The molecule has 2 amide bonds. The Hall–Kier alpha value is -2.79. The number of fused-ring (bicyclic) bond motifs is 1. The van der Waals surface area contributed by atoms with Gasteiger partial charge < -0.3 is 15.1 Å². The minimum Gasteiger partial charge on any atom is -0.345 e. The fourth-order valence-electron chi connectivity index (χ4n) is 3.73. The quantitative estimate of drug-likeness (QED) is 0.533. The van der Waals surface area contributed by atoms with Crippen LogP contribution in [0.2, 0.25) is 0 Å². The van der Waals surface area contributed by atoms with E-state index < -0.39 is 15.9 Å². The molecule has 0 aliphatic carbocycles. The molecular formula is C24H30N4O4S2. The van der Waals surface area contributed by atoms with Crippen LogP contribution in [-0.4, -0.2) is 75.1 Å². The van der Waals surface area contributed by atoms with Gasteiger partial charge in [-0.2, -0.15) is 4.31 Å². The van der Waals surface area contributed by atoms with Crippen molar-refractivity contribution >= 4 is 38.2 Å². The fraction of sp³-hybridized carbons (Fsp3) is 0.333. The van der Waals surface area contributed by atoms with Crippen LogP contribution in [0.25, 0.3) is 0 Å². The molecule has 1 aromatic carbocycles. The molecule has 3 rings (SSSR count). The average molecular weight is 503 g/mol. The van der Waals surface area contributed by atoms with E-state index in [0.29, 0.717) is 16.1 Å². The fourth-order valence-corrected chi connectivity index (χ4v) is 6.43. The number of rotatable bonds is 9. The topological polar surface area (TPSA) is 90.0 Å². The molecule has 10 heteroatoms. The zero-order chi connectivity index (χ0) is 25.0. The Labute approximate surface area is 205 Å². The predicted molar refractivity (Wildman–Crippen MR) is 136 cm³/mol. The van der Waals surface area contributed by atoms with Crippen molar-refractivity contribution in [1.29, 1.82) is 0 Å². The first-order valence-corrected chi connectivity index (χ1v) is 13.0. The van der Waals surface area contributed by atoms with E-state index >= 15 is 0 Å². The number of anilines is 1. The highest BCUT2D eigenvalue weighted by molar-refractivity contribution is 7.89. The van der Waals surface area contributed by atoms with Gasteiger partial charge in [0.05, 0.1) is 10.5 Å². The maximum atomic E-state index is 13.0. The van der Waals surface area contributed by atoms with Crippen LogP contribution >= 0.6 is 11.3 Å². The van der Waals surface area contributed by atoms with Crippen LogP contribution in [-0.2, 0) is 23.0 Å². The second kappa shape index (κ2) is 10.6. The summed E-state index contributed by atoms with van der Waals surface area (Å²) in [5.41, 5.74) is 1.82. The highest BCUT2D eigenvalue weighted by Gasteiger charge is 2.29. The summed E-state index contributed by atoms with van der Waals surface area (Å²) in [6.07, 6.45) is 3.76. The van der Waals surface area contributed by atoms with Crippen molar-refractivity contribution in [3.8, 4) is 0 Å². The van der Waals surface area contributed by atoms with Crippen molar-refractivity contribution in [3.05, 3.63) is 71.1 Å². The number of hydrogen-bond acceptors (Lipinski definition) is 6. The summed E-state index contributed by atoms with van der Waals surface area (Å²) < 4.78 is 27.0. The van der Waals surface area contributed by atoms with Gasteiger partial charge in [-0.3, -0.25) is 9.59 Å². The van der Waals surface area contributed by atoms with Gasteiger partial charge in [-0.1, -0.05) is 12.2 Å². The molecule has 0 radical (unpaired) electrons. The lowest BCUT2D eigenvalue weighted by molar-refractivity contribution is 0.0827. The van der Waals surface area contributed by atoms with Gasteiger partial charge in [-0.15, -0.1) is 24.5 Å². The third kappa shape index (κ3) is 5.30. The summed E-state index contributed by atoms with van der Waals surface area (Å²) in [7, 11) is 1.65. The Balaban J connectivity index is 1.87. The molecule has 0 unspecified atom stereocenters. The minimum absolute atomic E-state index is 0.0749. The smallest absolute Gasteiger partial charge is 0.256 e. The molecule has 1 aliphatic heterocycles. The van der Waals surface area contributed by atoms with Gasteiger partial charge >= 0.3 is 0 Å². The van der Waals surface area contributed by atoms with Crippen molar-refractivity contribution in [2.75, 3.05) is 46.1 Å². The standard InChI is InChI=1S/C24H30N4O4S2/c1-6-13-28(14-7-2)34(31,32)18-10-8-17(9-11-18)22(29)25-23-21(24(30)26(3)4)19-12-15-27(5)16-20(19)33-23/h6-11H,1-2,12-16H2,3-5H3,(H,25,29). The molecule has 34 heavy (non-hydrogen) atoms. The first kappa shape index (κ1) is 25.8. The number of sulfonamides is 1. The van der Waals surface area contributed by atoms with Crippen LogP contribution in [0.5, 0.6) is 0 Å². The van der Waals surface area contributed by atoms with E-state index in [1.165, 1.54) is 57.0 Å². The minimum atomic E-state index is -3.76. The monoisotopic (exact) mass is 502 g/mol. The molecule has 0 fully saturated rings. The Morgan fingerprint density at radius 2 is 1.76 bits per heavy atom. The van der Waals surface area contributed by atoms with E-state index in [0.717, 1.165) is 30.0 Å². The third-order valence-electron chi connectivity index (χ3n) is 5.51. The van der Waals surface area contributed by atoms with Crippen LogP contribution in [0.3, 0.4) is 0 Å². The SMILES string of the molecule is C=CCN(CC=C)S(=O)(=O)c1ccc(C(=O)Nc2sc3c(c2C(=O)N(C)C)CCN(C)C3)cc1. The molecule has 182 valence electrons. The summed E-state index contributed by atoms with van der Waals surface area (Å²) in [6.45, 7) is 9.07. The average Bonchev–Trinajstić information content (AvgIpc) is 3.14. The molecule has 0 saturated heterocycles. The first-order valence-electron chi connectivity index (χ1n) is 10.8. The summed E-state index contributed by atoms with van der Waals surface area (Å²) >= 11 is 1.41. The van der Waals surface area contributed by atoms with E-state index in [1.54, 1.807) is 14.1 Å². The van der Waals surface area contributed by atoms with E-state index in [-0.39, 0.29) is 23.9 Å². The highest BCUT2D eigenvalue weighted by atomic mass is 32.2. The molecule has 8 nitrogen and oxygen atoms in total. The number of amides is 2. The van der Waals surface area contributed by atoms with Crippen LogP contribution in [0, 0.1) is 0 Å². The lowest BCUT2D eigenvalue weighted by atomic mass is 10.0. The van der Waals surface area contributed by atoms with Crippen molar-refractivity contribution in [2.24, 2.45) is 0 Å². The van der Waals surface area contributed by atoms with Crippen LogP contribution in [0.1, 0.15) is 31.2 Å². The number of likely N-dealkylation sites (N-methyl/N-ethyl adjacent to an activating group) is 1.